The van der Waals surface area contributed by atoms with Gasteiger partial charge in [-0.3, -0.25) is 0 Å². The van der Waals surface area contributed by atoms with Gasteiger partial charge in [-0.15, -0.1) is 11.8 Å². The molecule has 0 aromatic heterocycles. The quantitative estimate of drug-likeness (QED) is 0.283. The van der Waals surface area contributed by atoms with Gasteiger partial charge in [0.05, 0.1) is 0 Å². The zero-order valence-electron chi connectivity index (χ0n) is 8.93. The van der Waals surface area contributed by atoms with Crippen LogP contribution in [-0.4, -0.2) is 16.5 Å². The van der Waals surface area contributed by atoms with Gasteiger partial charge in [-0.1, -0.05) is 23.8 Å². The predicted molar refractivity (Wildman–Crippen MR) is 68.2 cm³/mol. The maximum Gasteiger partial charge on any atom is 0.117 e. The maximum absolute atomic E-state index is 8.78. The van der Waals surface area contributed by atoms with Gasteiger partial charge in [-0.25, -0.2) is 0 Å². The van der Waals surface area contributed by atoms with E-state index in [9.17, 15) is 0 Å². The van der Waals surface area contributed by atoms with Gasteiger partial charge >= 0.3 is 0 Å². The SMILES string of the molecule is CCC/C(=N/O)Sc1ccc(SC)cc1. The molecule has 82 valence electrons. The molecule has 0 spiro atoms. The van der Waals surface area contributed by atoms with Crippen molar-refractivity contribution in [1.29, 1.82) is 0 Å². The Morgan fingerprint density at radius 2 is 1.87 bits per heavy atom. The van der Waals surface area contributed by atoms with Crippen molar-refractivity contribution in [2.45, 2.75) is 29.6 Å². The van der Waals surface area contributed by atoms with Crippen LogP contribution >= 0.6 is 23.5 Å². The highest BCUT2D eigenvalue weighted by Gasteiger charge is 2.02. The van der Waals surface area contributed by atoms with E-state index < -0.39 is 0 Å². The Morgan fingerprint density at radius 1 is 1.27 bits per heavy atom. The Kier molecular flexibility index (Phi) is 5.65. The van der Waals surface area contributed by atoms with E-state index in [-0.39, 0.29) is 0 Å². The number of oxime groups is 1. The van der Waals surface area contributed by atoms with Crippen LogP contribution in [0, 0.1) is 0 Å². The van der Waals surface area contributed by atoms with Gasteiger partial charge < -0.3 is 5.21 Å². The molecule has 2 nitrogen and oxygen atoms in total. The molecule has 0 amide bonds. The molecule has 0 aliphatic rings. The van der Waals surface area contributed by atoms with Crippen LogP contribution in [0.4, 0.5) is 0 Å². The van der Waals surface area contributed by atoms with E-state index in [1.165, 1.54) is 16.7 Å². The number of rotatable bonds is 4. The van der Waals surface area contributed by atoms with E-state index in [2.05, 4.69) is 42.6 Å². The molecule has 0 aliphatic heterocycles. The van der Waals surface area contributed by atoms with Crippen molar-refractivity contribution in [3.63, 3.8) is 0 Å². The van der Waals surface area contributed by atoms with E-state index in [0.717, 1.165) is 22.8 Å². The van der Waals surface area contributed by atoms with Crippen molar-refractivity contribution in [1.82, 2.24) is 0 Å². The first-order chi connectivity index (χ1) is 7.30. The number of thioether (sulfide) groups is 2. The summed E-state index contributed by atoms with van der Waals surface area (Å²) in [5.41, 5.74) is 0. The monoisotopic (exact) mass is 241 g/mol. The zero-order chi connectivity index (χ0) is 11.1. The first-order valence-electron chi connectivity index (χ1n) is 4.83. The molecule has 0 atom stereocenters. The number of nitrogens with zero attached hydrogens (tertiary/aromatic N) is 1. The molecule has 0 radical (unpaired) electrons. The molecule has 1 rings (SSSR count). The molecule has 0 heterocycles. The van der Waals surface area contributed by atoms with E-state index in [1.54, 1.807) is 11.8 Å². The molecule has 1 aromatic rings. The summed E-state index contributed by atoms with van der Waals surface area (Å²) in [6.07, 6.45) is 3.88. The predicted octanol–water partition coefficient (Wildman–Crippen LogP) is 4.09. The summed E-state index contributed by atoms with van der Waals surface area (Å²) in [5.74, 6) is 0. The number of hydrogen-bond acceptors (Lipinski definition) is 4. The lowest BCUT2D eigenvalue weighted by Crippen LogP contribution is -1.90. The lowest BCUT2D eigenvalue weighted by Gasteiger charge is -2.03. The van der Waals surface area contributed by atoms with Crippen molar-refractivity contribution >= 4 is 28.6 Å². The first kappa shape index (κ1) is 12.5. The fourth-order valence-electron chi connectivity index (χ4n) is 1.12. The second-order valence-electron chi connectivity index (χ2n) is 3.02. The summed E-state index contributed by atoms with van der Waals surface area (Å²) < 4.78 is 0. The minimum absolute atomic E-state index is 0.773. The molecule has 1 aromatic carbocycles. The van der Waals surface area contributed by atoms with Crippen LogP contribution in [0.25, 0.3) is 0 Å². The zero-order valence-corrected chi connectivity index (χ0v) is 10.6. The molecule has 0 fully saturated rings. The maximum atomic E-state index is 8.78. The Balaban J connectivity index is 2.63. The van der Waals surface area contributed by atoms with Gasteiger partial charge in [0.2, 0.25) is 0 Å². The topological polar surface area (TPSA) is 32.6 Å². The third kappa shape index (κ3) is 4.18. The van der Waals surface area contributed by atoms with Crippen molar-refractivity contribution < 1.29 is 5.21 Å². The van der Waals surface area contributed by atoms with Crippen molar-refractivity contribution in [3.05, 3.63) is 24.3 Å². The number of benzene rings is 1. The smallest absolute Gasteiger partial charge is 0.117 e. The van der Waals surface area contributed by atoms with Gasteiger partial charge in [0.25, 0.3) is 0 Å². The highest BCUT2D eigenvalue weighted by Crippen LogP contribution is 2.24. The fourth-order valence-corrected chi connectivity index (χ4v) is 2.41. The molecule has 15 heavy (non-hydrogen) atoms. The van der Waals surface area contributed by atoms with Gasteiger partial charge in [0.15, 0.2) is 0 Å². The van der Waals surface area contributed by atoms with Crippen LogP contribution in [0.15, 0.2) is 39.2 Å². The highest BCUT2D eigenvalue weighted by molar-refractivity contribution is 8.14. The van der Waals surface area contributed by atoms with Crippen molar-refractivity contribution in [2.75, 3.05) is 6.26 Å². The van der Waals surface area contributed by atoms with E-state index in [1.807, 2.05) is 0 Å². The third-order valence-electron chi connectivity index (χ3n) is 1.87. The molecule has 1 N–H and O–H groups in total. The normalized spacial score (nSPS) is 11.7. The Labute approximate surface area is 99.1 Å². The Bertz CT molecular complexity index is 322. The average Bonchev–Trinajstić information content (AvgIpc) is 2.29. The fraction of sp³-hybridized carbons (Fsp3) is 0.364. The van der Waals surface area contributed by atoms with Gasteiger partial charge in [0, 0.05) is 9.79 Å². The van der Waals surface area contributed by atoms with Gasteiger partial charge in [0.1, 0.15) is 5.04 Å². The average molecular weight is 241 g/mol. The second kappa shape index (κ2) is 6.80. The molecule has 0 bridgehead atoms. The van der Waals surface area contributed by atoms with Crippen LogP contribution in [-0.2, 0) is 0 Å². The lowest BCUT2D eigenvalue weighted by molar-refractivity contribution is 0.319. The number of hydrogen-bond donors (Lipinski definition) is 1. The van der Waals surface area contributed by atoms with Crippen LogP contribution in [0.1, 0.15) is 19.8 Å². The Hall–Kier alpha value is -0.610. The van der Waals surface area contributed by atoms with Crippen LogP contribution in [0.5, 0.6) is 0 Å². The summed E-state index contributed by atoms with van der Waals surface area (Å²) in [6, 6.07) is 8.26. The highest BCUT2D eigenvalue weighted by atomic mass is 32.2. The van der Waals surface area contributed by atoms with Gasteiger partial charge in [-0.2, -0.15) is 0 Å². The third-order valence-corrected chi connectivity index (χ3v) is 3.64. The van der Waals surface area contributed by atoms with Crippen molar-refractivity contribution in [3.8, 4) is 0 Å². The standard InChI is InChI=1S/C11H15NOS2/c1-3-4-11(12-13)15-10-7-5-9(14-2)6-8-10/h5-8,13H,3-4H2,1-2H3/b12-11-. The first-order valence-corrected chi connectivity index (χ1v) is 6.87. The molecular weight excluding hydrogens is 226 g/mol. The second-order valence-corrected chi connectivity index (χ2v) is 5.05. The van der Waals surface area contributed by atoms with E-state index in [4.69, 9.17) is 5.21 Å². The summed E-state index contributed by atoms with van der Waals surface area (Å²) in [5, 5.41) is 12.8. The minimum Gasteiger partial charge on any atom is -0.410 e. The van der Waals surface area contributed by atoms with Crippen LogP contribution in [0.2, 0.25) is 0 Å². The van der Waals surface area contributed by atoms with Crippen molar-refractivity contribution in [2.24, 2.45) is 5.16 Å². The summed E-state index contributed by atoms with van der Waals surface area (Å²) in [6.45, 7) is 2.07. The van der Waals surface area contributed by atoms with E-state index in [0.29, 0.717) is 0 Å². The minimum atomic E-state index is 0.773. The Morgan fingerprint density at radius 3 is 2.33 bits per heavy atom. The molecule has 0 unspecified atom stereocenters. The molecule has 0 aliphatic carbocycles. The lowest BCUT2D eigenvalue weighted by atomic mass is 10.4. The van der Waals surface area contributed by atoms with Crippen LogP contribution < -0.4 is 0 Å². The summed E-state index contributed by atoms with van der Waals surface area (Å²) >= 11 is 3.25. The van der Waals surface area contributed by atoms with Gasteiger partial charge in [-0.05, 0) is 43.4 Å². The molecule has 0 saturated carbocycles. The summed E-state index contributed by atoms with van der Waals surface area (Å²) in [7, 11) is 0. The van der Waals surface area contributed by atoms with Crippen LogP contribution in [0.3, 0.4) is 0 Å². The van der Waals surface area contributed by atoms with E-state index >= 15 is 0 Å². The molecule has 0 saturated heterocycles. The molecular formula is C11H15NOS2. The summed E-state index contributed by atoms with van der Waals surface area (Å²) in [4.78, 5) is 2.37. The molecule has 4 heteroatoms. The largest absolute Gasteiger partial charge is 0.410 e.